The minimum absolute atomic E-state index is 0.589. The summed E-state index contributed by atoms with van der Waals surface area (Å²) in [6.07, 6.45) is 3.82. The molecule has 0 fully saturated rings. The van der Waals surface area contributed by atoms with Gasteiger partial charge in [0.25, 0.3) is 0 Å². The van der Waals surface area contributed by atoms with E-state index in [2.05, 4.69) is 49.4 Å². The highest BCUT2D eigenvalue weighted by atomic mass is 16.5. The van der Waals surface area contributed by atoms with Gasteiger partial charge in [-0.1, -0.05) is 24.3 Å². The Hall–Kier alpha value is -3.48. The molecule has 1 aromatic heterocycles. The fourth-order valence-corrected chi connectivity index (χ4v) is 3.13. The molecule has 2 N–H and O–H groups in total. The summed E-state index contributed by atoms with van der Waals surface area (Å²) in [6.45, 7) is 6.01. The van der Waals surface area contributed by atoms with E-state index in [9.17, 15) is 0 Å². The number of hydrogen-bond acceptors (Lipinski definition) is 4. The lowest BCUT2D eigenvalue weighted by atomic mass is 10.1. The number of aryl methyl sites for hydroxylation is 1. The Morgan fingerprint density at radius 3 is 2.67 bits per heavy atom. The first-order valence-corrected chi connectivity index (χ1v) is 9.97. The number of hydrogen-bond donors (Lipinski definition) is 2. The molecule has 30 heavy (non-hydrogen) atoms. The molecule has 0 saturated carbocycles. The standard InChI is InChI=1S/C23H29N5O2/c1-5-30-21-10-9-20(14-22(21)29-4)27-23(24-3)26-15-18-7-6-8-19(13-18)16-28-12-11-25-17(28)2/h6-14H,5,15-16H2,1-4H3,(H2,24,26,27). The van der Waals surface area contributed by atoms with Crippen LogP contribution in [0, 0.1) is 6.92 Å². The Kier molecular flexibility index (Phi) is 7.32. The predicted octanol–water partition coefficient (Wildman–Crippen LogP) is 3.83. The van der Waals surface area contributed by atoms with Gasteiger partial charge in [0.05, 0.1) is 13.7 Å². The van der Waals surface area contributed by atoms with E-state index in [4.69, 9.17) is 9.47 Å². The maximum absolute atomic E-state index is 5.57. The van der Waals surface area contributed by atoms with E-state index < -0.39 is 0 Å². The SMILES string of the molecule is CCOc1ccc(NC(=NC)NCc2cccc(Cn3ccnc3C)c2)cc1OC. The molecule has 0 amide bonds. The molecule has 0 aliphatic carbocycles. The van der Waals surface area contributed by atoms with E-state index in [1.54, 1.807) is 14.2 Å². The predicted molar refractivity (Wildman–Crippen MR) is 120 cm³/mol. The van der Waals surface area contributed by atoms with Gasteiger partial charge in [0, 0.05) is 44.3 Å². The second-order valence-electron chi connectivity index (χ2n) is 6.77. The minimum atomic E-state index is 0.589. The third-order valence-electron chi connectivity index (χ3n) is 4.68. The Bertz CT molecular complexity index is 997. The Morgan fingerprint density at radius 1 is 1.13 bits per heavy atom. The van der Waals surface area contributed by atoms with Crippen LogP contribution in [0.2, 0.25) is 0 Å². The number of guanidine groups is 1. The van der Waals surface area contributed by atoms with Crippen molar-refractivity contribution in [2.24, 2.45) is 4.99 Å². The molecular weight excluding hydrogens is 378 g/mol. The lowest BCUT2D eigenvalue weighted by molar-refractivity contribution is 0.311. The molecule has 1 heterocycles. The van der Waals surface area contributed by atoms with Crippen molar-refractivity contribution in [1.82, 2.24) is 14.9 Å². The smallest absolute Gasteiger partial charge is 0.195 e. The molecule has 0 unspecified atom stereocenters. The molecular formula is C23H29N5O2. The number of ether oxygens (including phenoxy) is 2. The lowest BCUT2D eigenvalue weighted by Gasteiger charge is -2.15. The van der Waals surface area contributed by atoms with Crippen LogP contribution in [0.15, 0.2) is 59.9 Å². The quantitative estimate of drug-likeness (QED) is 0.439. The summed E-state index contributed by atoms with van der Waals surface area (Å²) in [6, 6.07) is 14.2. The molecule has 3 rings (SSSR count). The van der Waals surface area contributed by atoms with Crippen molar-refractivity contribution >= 4 is 11.6 Å². The van der Waals surface area contributed by atoms with Crippen LogP contribution in [0.4, 0.5) is 5.69 Å². The average Bonchev–Trinajstić information content (AvgIpc) is 3.16. The molecule has 0 radical (unpaired) electrons. The fraction of sp³-hybridized carbons (Fsp3) is 0.304. The van der Waals surface area contributed by atoms with Crippen molar-refractivity contribution in [3.05, 3.63) is 71.8 Å². The summed E-state index contributed by atoms with van der Waals surface area (Å²) in [5, 5.41) is 6.65. The van der Waals surface area contributed by atoms with E-state index in [-0.39, 0.29) is 0 Å². The fourth-order valence-electron chi connectivity index (χ4n) is 3.13. The third kappa shape index (κ3) is 5.53. The minimum Gasteiger partial charge on any atom is -0.493 e. The number of rotatable bonds is 8. The van der Waals surface area contributed by atoms with Gasteiger partial charge in [-0.2, -0.15) is 0 Å². The Morgan fingerprint density at radius 2 is 1.97 bits per heavy atom. The van der Waals surface area contributed by atoms with Crippen LogP contribution < -0.4 is 20.1 Å². The largest absolute Gasteiger partial charge is 0.493 e. The van der Waals surface area contributed by atoms with Crippen LogP contribution in [0.1, 0.15) is 23.9 Å². The van der Waals surface area contributed by atoms with Crippen molar-refractivity contribution in [2.75, 3.05) is 26.1 Å². The van der Waals surface area contributed by atoms with Crippen molar-refractivity contribution in [1.29, 1.82) is 0 Å². The van der Waals surface area contributed by atoms with Gasteiger partial charge in [0.1, 0.15) is 5.82 Å². The number of nitrogens with one attached hydrogen (secondary N) is 2. The molecule has 0 aliphatic rings. The molecule has 0 atom stereocenters. The zero-order valence-electron chi connectivity index (χ0n) is 18.0. The zero-order chi connectivity index (χ0) is 21.3. The molecule has 0 aliphatic heterocycles. The number of methoxy groups -OCH3 is 1. The second kappa shape index (κ2) is 10.3. The van der Waals surface area contributed by atoms with Crippen molar-refractivity contribution in [2.45, 2.75) is 26.9 Å². The van der Waals surface area contributed by atoms with E-state index in [1.165, 1.54) is 11.1 Å². The van der Waals surface area contributed by atoms with Crippen molar-refractivity contribution in [3.63, 3.8) is 0 Å². The van der Waals surface area contributed by atoms with Crippen molar-refractivity contribution < 1.29 is 9.47 Å². The first-order chi connectivity index (χ1) is 14.6. The highest BCUT2D eigenvalue weighted by Gasteiger charge is 2.07. The molecule has 0 bridgehead atoms. The Balaban J connectivity index is 1.62. The van der Waals surface area contributed by atoms with Gasteiger partial charge in [-0.3, -0.25) is 4.99 Å². The van der Waals surface area contributed by atoms with Crippen LogP contribution in [0.5, 0.6) is 11.5 Å². The van der Waals surface area contributed by atoms with Gasteiger partial charge >= 0.3 is 0 Å². The molecule has 7 heteroatoms. The maximum Gasteiger partial charge on any atom is 0.195 e. The monoisotopic (exact) mass is 407 g/mol. The molecule has 3 aromatic rings. The summed E-state index contributed by atoms with van der Waals surface area (Å²) in [5.41, 5.74) is 3.28. The van der Waals surface area contributed by atoms with Gasteiger partial charge < -0.3 is 24.7 Å². The van der Waals surface area contributed by atoms with Crippen LogP contribution >= 0.6 is 0 Å². The third-order valence-corrected chi connectivity index (χ3v) is 4.68. The summed E-state index contributed by atoms with van der Waals surface area (Å²) in [7, 11) is 3.38. The van der Waals surface area contributed by atoms with E-state index in [1.807, 2.05) is 44.4 Å². The lowest BCUT2D eigenvalue weighted by Crippen LogP contribution is -2.30. The average molecular weight is 408 g/mol. The maximum atomic E-state index is 5.57. The summed E-state index contributed by atoms with van der Waals surface area (Å²) in [5.74, 6) is 3.09. The van der Waals surface area contributed by atoms with E-state index >= 15 is 0 Å². The summed E-state index contributed by atoms with van der Waals surface area (Å²) >= 11 is 0. The first-order valence-electron chi connectivity index (χ1n) is 9.97. The number of aromatic nitrogens is 2. The second-order valence-corrected chi connectivity index (χ2v) is 6.77. The zero-order valence-corrected chi connectivity index (χ0v) is 18.0. The Labute approximate surface area is 177 Å². The van der Waals surface area contributed by atoms with Gasteiger partial charge in [-0.05, 0) is 37.1 Å². The molecule has 158 valence electrons. The van der Waals surface area contributed by atoms with Gasteiger partial charge in [0.2, 0.25) is 0 Å². The van der Waals surface area contributed by atoms with E-state index in [0.29, 0.717) is 24.9 Å². The normalized spacial score (nSPS) is 11.3. The number of benzene rings is 2. The highest BCUT2D eigenvalue weighted by molar-refractivity contribution is 5.93. The highest BCUT2D eigenvalue weighted by Crippen LogP contribution is 2.30. The molecule has 7 nitrogen and oxygen atoms in total. The van der Waals surface area contributed by atoms with Crippen LogP contribution in [0.3, 0.4) is 0 Å². The molecule has 0 spiro atoms. The summed E-state index contributed by atoms with van der Waals surface area (Å²) < 4.78 is 13.1. The number of nitrogens with zero attached hydrogens (tertiary/aromatic N) is 3. The first kappa shape index (κ1) is 21.2. The van der Waals surface area contributed by atoms with Gasteiger partial charge in [-0.25, -0.2) is 4.98 Å². The summed E-state index contributed by atoms with van der Waals surface area (Å²) in [4.78, 5) is 8.60. The van der Waals surface area contributed by atoms with E-state index in [0.717, 1.165) is 23.8 Å². The van der Waals surface area contributed by atoms with Gasteiger partial charge in [-0.15, -0.1) is 0 Å². The number of imidazole rings is 1. The van der Waals surface area contributed by atoms with Crippen LogP contribution in [0.25, 0.3) is 0 Å². The molecule has 2 aromatic carbocycles. The topological polar surface area (TPSA) is 72.7 Å². The number of aliphatic imine (C=N–C) groups is 1. The molecule has 0 saturated heterocycles. The van der Waals surface area contributed by atoms with Gasteiger partial charge in [0.15, 0.2) is 17.5 Å². The van der Waals surface area contributed by atoms with Crippen LogP contribution in [-0.4, -0.2) is 36.3 Å². The van der Waals surface area contributed by atoms with Crippen LogP contribution in [-0.2, 0) is 13.1 Å². The number of anilines is 1. The van der Waals surface area contributed by atoms with Crippen molar-refractivity contribution in [3.8, 4) is 11.5 Å².